The number of hydrogen-bond acceptors (Lipinski definition) is 8. The average Bonchev–Trinajstić information content (AvgIpc) is 1.14. The second-order valence-corrected chi connectivity index (χ2v) is 30.8. The number of unbranched alkanes of at least 4 members (excludes halogenated alkanes) is 57. The van der Waals surface area contributed by atoms with Crippen molar-refractivity contribution < 1.29 is 42.9 Å². The minimum absolute atomic E-state index is 0.151. The fourth-order valence-corrected chi connectivity index (χ4v) is 13.2. The molecule has 580 valence electrons. The fraction of sp³-hybridized carbons (Fsp3) is 0.856. The van der Waals surface area contributed by atoms with Crippen LogP contribution in [0.3, 0.4) is 0 Å². The van der Waals surface area contributed by atoms with Crippen molar-refractivity contribution >= 4 is 17.9 Å². The van der Waals surface area contributed by atoms with E-state index in [1.165, 1.54) is 340 Å². The average molecular weight is 1390 g/mol. The maximum Gasteiger partial charge on any atom is 0.306 e. The van der Waals surface area contributed by atoms with Crippen molar-refractivity contribution in [1.82, 2.24) is 0 Å². The molecular weight excluding hydrogens is 1220 g/mol. The Morgan fingerprint density at radius 1 is 0.313 bits per heavy atom. The molecule has 0 heterocycles. The molecule has 0 radical (unpaired) electrons. The number of ether oxygens (including phenoxy) is 4. The summed E-state index contributed by atoms with van der Waals surface area (Å²) in [5, 5.41) is 11.9. The van der Waals surface area contributed by atoms with E-state index in [2.05, 4.69) is 74.6 Å². The van der Waals surface area contributed by atoms with Gasteiger partial charge >= 0.3 is 11.9 Å². The molecule has 0 aromatic carbocycles. The number of carbonyl (C=O) groups is 3. The van der Waals surface area contributed by atoms with Crippen LogP contribution >= 0.6 is 0 Å². The molecule has 0 aliphatic carbocycles. The SMILES string of the molecule is CC/C=C\C/C=C\C/C=C\C/C=C\C/C=C\CCCCCCCCCCCCCCCCCCCCCCCCCC(=O)OC(COC(=O)CCCCCCCCCCCCCCCCCCCCCCCCCCCCCCCCCCCCC)COC(OCC[N+](C)(C)C)C(=O)[O-]. The third-order valence-electron chi connectivity index (χ3n) is 19.8. The summed E-state index contributed by atoms with van der Waals surface area (Å²) in [7, 11) is 5.96. The number of rotatable bonds is 82. The van der Waals surface area contributed by atoms with Gasteiger partial charge in [-0.1, -0.05) is 428 Å². The van der Waals surface area contributed by atoms with Gasteiger partial charge in [0.05, 0.1) is 40.3 Å². The molecule has 0 rings (SSSR count). The van der Waals surface area contributed by atoms with Crippen LogP contribution in [0.15, 0.2) is 60.8 Å². The molecule has 2 unspecified atom stereocenters. The zero-order valence-corrected chi connectivity index (χ0v) is 66.6. The lowest BCUT2D eigenvalue weighted by atomic mass is 10.0. The Kier molecular flexibility index (Phi) is 78.2. The van der Waals surface area contributed by atoms with Gasteiger partial charge in [-0.05, 0) is 57.8 Å². The van der Waals surface area contributed by atoms with Crippen molar-refractivity contribution in [3.8, 4) is 0 Å². The summed E-state index contributed by atoms with van der Waals surface area (Å²) < 4.78 is 22.9. The van der Waals surface area contributed by atoms with Gasteiger partial charge in [0.1, 0.15) is 13.2 Å². The summed E-state index contributed by atoms with van der Waals surface area (Å²) in [6.07, 6.45) is 105. The lowest BCUT2D eigenvalue weighted by molar-refractivity contribution is -0.870. The summed E-state index contributed by atoms with van der Waals surface area (Å²) in [6, 6.07) is 0. The highest BCUT2D eigenvalue weighted by molar-refractivity contribution is 5.70. The van der Waals surface area contributed by atoms with Crippen molar-refractivity contribution in [2.45, 2.75) is 450 Å². The van der Waals surface area contributed by atoms with Crippen LogP contribution in [0, 0.1) is 0 Å². The van der Waals surface area contributed by atoms with Gasteiger partial charge in [0.25, 0.3) is 0 Å². The third kappa shape index (κ3) is 82.2. The number of hydrogen-bond donors (Lipinski definition) is 0. The highest BCUT2D eigenvalue weighted by Crippen LogP contribution is 2.21. The highest BCUT2D eigenvalue weighted by atomic mass is 16.7. The van der Waals surface area contributed by atoms with Gasteiger partial charge in [-0.3, -0.25) is 9.59 Å². The van der Waals surface area contributed by atoms with E-state index in [1.54, 1.807) is 0 Å². The van der Waals surface area contributed by atoms with E-state index in [4.69, 9.17) is 18.9 Å². The Bertz CT molecular complexity index is 1820. The quantitative estimate of drug-likeness (QED) is 0.0195. The molecule has 0 aromatic heterocycles. The van der Waals surface area contributed by atoms with E-state index in [0.717, 1.165) is 70.6 Å². The molecule has 9 heteroatoms. The molecule has 0 N–H and O–H groups in total. The van der Waals surface area contributed by atoms with E-state index >= 15 is 0 Å². The molecule has 9 nitrogen and oxygen atoms in total. The normalized spacial score (nSPS) is 12.9. The summed E-state index contributed by atoms with van der Waals surface area (Å²) in [5.41, 5.74) is 0. The van der Waals surface area contributed by atoms with E-state index < -0.39 is 24.3 Å². The second kappa shape index (κ2) is 80.7. The van der Waals surface area contributed by atoms with Gasteiger partial charge in [0, 0.05) is 12.8 Å². The number of allylic oxidation sites excluding steroid dienone is 10. The minimum atomic E-state index is -1.62. The van der Waals surface area contributed by atoms with Gasteiger partial charge in [0.2, 0.25) is 0 Å². The third-order valence-corrected chi connectivity index (χ3v) is 19.8. The molecule has 0 fully saturated rings. The molecule has 2 atom stereocenters. The smallest absolute Gasteiger partial charge is 0.306 e. The standard InChI is InChI=1S/C90H167NO8/c1-6-8-10-12-14-16-18-20-22-24-26-28-30-32-34-36-38-40-42-43-44-45-47-49-51-53-55-57-59-61-63-65-67-69-71-73-75-77-79-81-88(93)99-86(85-98-90(89(94)95)96-83-82-91(3,4)5)84-97-87(92)80-78-76-74-72-70-68-66-64-62-60-58-56-54-52-50-48-46-41-39-37-35-33-31-29-27-25-23-21-19-17-15-13-11-9-7-2/h8,10,14,16,20,22,26,28,32,34,86,90H,6-7,9,11-13,15,17-19,21,23-25,27,29-31,33,35-85H2,1-5H3/b10-8-,16-14-,22-20-,28-26-,34-32-. The highest BCUT2D eigenvalue weighted by Gasteiger charge is 2.22. The van der Waals surface area contributed by atoms with E-state index in [-0.39, 0.29) is 32.2 Å². The number of likely N-dealkylation sites (N-methyl/N-ethyl adjacent to an activating group) is 1. The van der Waals surface area contributed by atoms with Crippen LogP contribution < -0.4 is 5.11 Å². The maximum absolute atomic E-state index is 13.0. The number of carbonyl (C=O) groups excluding carboxylic acids is 3. The second-order valence-electron chi connectivity index (χ2n) is 30.8. The Morgan fingerprint density at radius 2 is 0.576 bits per heavy atom. The number of nitrogens with zero attached hydrogens (tertiary/aromatic N) is 1. The molecule has 0 aliphatic rings. The first-order chi connectivity index (χ1) is 48.6. The summed E-state index contributed by atoms with van der Waals surface area (Å²) in [4.78, 5) is 37.7. The maximum atomic E-state index is 13.0. The zero-order valence-electron chi connectivity index (χ0n) is 66.6. The van der Waals surface area contributed by atoms with Crippen LogP contribution in [0.25, 0.3) is 0 Å². The summed E-state index contributed by atoms with van der Waals surface area (Å²) >= 11 is 0. The van der Waals surface area contributed by atoms with Crippen LogP contribution in [0.2, 0.25) is 0 Å². The first kappa shape index (κ1) is 96.0. The van der Waals surface area contributed by atoms with Crippen LogP contribution in [0.5, 0.6) is 0 Å². The summed E-state index contributed by atoms with van der Waals surface area (Å²) in [5.74, 6) is -2.25. The largest absolute Gasteiger partial charge is 0.545 e. The summed E-state index contributed by atoms with van der Waals surface area (Å²) in [6.45, 7) is 4.72. The number of carboxylic acids is 1. The molecule has 0 spiro atoms. The topological polar surface area (TPSA) is 111 Å². The van der Waals surface area contributed by atoms with Gasteiger partial charge in [-0.25, -0.2) is 0 Å². The Morgan fingerprint density at radius 3 is 0.859 bits per heavy atom. The van der Waals surface area contributed by atoms with Crippen LogP contribution in [-0.4, -0.2) is 82.3 Å². The zero-order chi connectivity index (χ0) is 71.8. The van der Waals surface area contributed by atoms with Crippen molar-refractivity contribution in [2.24, 2.45) is 0 Å². The van der Waals surface area contributed by atoms with Crippen molar-refractivity contribution in [1.29, 1.82) is 0 Å². The van der Waals surface area contributed by atoms with Crippen molar-refractivity contribution in [2.75, 3.05) is 47.5 Å². The Hall–Kier alpha value is -3.01. The molecule has 0 saturated carbocycles. The lowest BCUT2D eigenvalue weighted by Gasteiger charge is -2.26. The fourth-order valence-electron chi connectivity index (χ4n) is 13.2. The first-order valence-electron chi connectivity index (χ1n) is 43.4. The van der Waals surface area contributed by atoms with Crippen molar-refractivity contribution in [3.05, 3.63) is 60.8 Å². The van der Waals surface area contributed by atoms with Crippen LogP contribution in [0.4, 0.5) is 0 Å². The monoisotopic (exact) mass is 1390 g/mol. The van der Waals surface area contributed by atoms with Gasteiger partial charge < -0.3 is 33.3 Å². The van der Waals surface area contributed by atoms with Crippen LogP contribution in [0.1, 0.15) is 438 Å². The number of carboxylic acid groups (broad SMARTS) is 1. The van der Waals surface area contributed by atoms with Gasteiger partial charge in [0.15, 0.2) is 12.4 Å². The van der Waals surface area contributed by atoms with Crippen LogP contribution in [-0.2, 0) is 33.3 Å². The number of aliphatic carboxylic acids is 1. The molecule has 0 saturated heterocycles. The lowest BCUT2D eigenvalue weighted by Crippen LogP contribution is -2.44. The van der Waals surface area contributed by atoms with E-state index in [9.17, 15) is 19.5 Å². The minimum Gasteiger partial charge on any atom is -0.545 e. The Balaban J connectivity index is 3.92. The molecule has 0 bridgehead atoms. The molecule has 0 aliphatic heterocycles. The van der Waals surface area contributed by atoms with E-state index in [1.807, 2.05) is 21.1 Å². The Labute approximate surface area is 615 Å². The van der Waals surface area contributed by atoms with Crippen molar-refractivity contribution in [3.63, 3.8) is 0 Å². The van der Waals surface area contributed by atoms with E-state index in [0.29, 0.717) is 17.4 Å². The molecule has 99 heavy (non-hydrogen) atoms. The number of quaternary nitrogens is 1. The molecule has 0 amide bonds. The number of esters is 2. The molecule has 0 aromatic rings. The first-order valence-corrected chi connectivity index (χ1v) is 43.4. The molecular formula is C90H167NO8. The van der Waals surface area contributed by atoms with Gasteiger partial charge in [-0.2, -0.15) is 0 Å². The predicted octanol–water partition coefficient (Wildman–Crippen LogP) is 26.8. The van der Waals surface area contributed by atoms with Gasteiger partial charge in [-0.15, -0.1) is 0 Å². The predicted molar refractivity (Wildman–Crippen MR) is 426 cm³/mol.